The fourth-order valence-corrected chi connectivity index (χ4v) is 6.12. The summed E-state index contributed by atoms with van der Waals surface area (Å²) in [4.78, 5) is 13.2. The molecule has 0 bridgehead atoms. The van der Waals surface area contributed by atoms with E-state index < -0.39 is 37.2 Å². The minimum absolute atomic E-state index is 0.0156. The van der Waals surface area contributed by atoms with Gasteiger partial charge < -0.3 is 18.0 Å². The monoisotopic (exact) mass is 520 g/mol. The molecule has 0 aliphatic heterocycles. The van der Waals surface area contributed by atoms with Gasteiger partial charge >= 0.3 is 5.97 Å². The number of esters is 1. The Morgan fingerprint density at radius 2 is 1.09 bits per heavy atom. The summed E-state index contributed by atoms with van der Waals surface area (Å²) in [5, 5.41) is 0.111. The van der Waals surface area contributed by atoms with Crippen LogP contribution >= 0.6 is 0 Å². The molecule has 0 radical (unpaired) electrons. The maximum atomic E-state index is 13.2. The van der Waals surface area contributed by atoms with Gasteiger partial charge in [-0.05, 0) is 67.7 Å². The highest BCUT2D eigenvalue weighted by molar-refractivity contribution is 6.75. The molecule has 0 spiro atoms. The summed E-state index contributed by atoms with van der Waals surface area (Å²) in [6.45, 7) is 36.0. The van der Waals surface area contributed by atoms with E-state index in [2.05, 4.69) is 102 Å². The zero-order valence-electron chi connectivity index (χ0n) is 24.8. The van der Waals surface area contributed by atoms with E-state index in [4.69, 9.17) is 18.0 Å². The van der Waals surface area contributed by atoms with Gasteiger partial charge in [0.05, 0.1) is 12.7 Å². The quantitative estimate of drug-likeness (QED) is 0.206. The molecule has 0 aromatic rings. The van der Waals surface area contributed by atoms with Crippen LogP contribution in [0.4, 0.5) is 0 Å². The van der Waals surface area contributed by atoms with Gasteiger partial charge in [-0.1, -0.05) is 62.3 Å². The number of hydrogen-bond donors (Lipinski definition) is 0. The average molecular weight is 521 g/mol. The van der Waals surface area contributed by atoms with Crippen molar-refractivity contribution in [3.63, 3.8) is 0 Å². The number of carbonyl (C=O) groups is 1. The summed E-state index contributed by atoms with van der Waals surface area (Å²) in [5.74, 6) is -0.321. The van der Waals surface area contributed by atoms with Gasteiger partial charge in [-0.15, -0.1) is 0 Å². The Kier molecular flexibility index (Phi) is 11.4. The topological polar surface area (TPSA) is 54.0 Å². The molecule has 33 heavy (non-hydrogen) atoms. The van der Waals surface area contributed by atoms with Crippen molar-refractivity contribution in [2.45, 2.75) is 142 Å². The number of carbonyl (C=O) groups excluding carboxylic acids is 1. The van der Waals surface area contributed by atoms with Crippen molar-refractivity contribution >= 4 is 30.9 Å². The first-order valence-electron chi connectivity index (χ1n) is 12.6. The van der Waals surface area contributed by atoms with E-state index in [1.165, 1.54) is 0 Å². The van der Waals surface area contributed by atoms with Gasteiger partial charge in [0.25, 0.3) is 0 Å². The molecule has 0 saturated carbocycles. The predicted octanol–water partition coefficient (Wildman–Crippen LogP) is 7.74. The third-order valence-electron chi connectivity index (χ3n) is 8.01. The fraction of sp³-hybridized carbons (Fsp3) is 0.960. The largest absolute Gasteiger partial charge is 0.464 e. The summed E-state index contributed by atoms with van der Waals surface area (Å²) in [7, 11) is -6.33. The van der Waals surface area contributed by atoms with Gasteiger partial charge in [0.1, 0.15) is 0 Å². The molecule has 0 fully saturated rings. The van der Waals surface area contributed by atoms with Crippen LogP contribution in [0.25, 0.3) is 0 Å². The SMILES string of the molecule is CCOC(=O)[C@H](O[Si](C)(C)C(C)(C)C)[C@H](CCO[Si](C)(C)C(C)(C)C)O[Si](C)(C)C(C)(C)C. The molecule has 0 aliphatic rings. The first-order valence-corrected chi connectivity index (χ1v) is 21.3. The maximum Gasteiger partial charge on any atom is 0.336 e. The lowest BCUT2D eigenvalue weighted by Gasteiger charge is -2.44. The zero-order chi connectivity index (χ0) is 26.7. The second kappa shape index (κ2) is 11.4. The van der Waals surface area contributed by atoms with Crippen LogP contribution in [0.5, 0.6) is 0 Å². The first-order chi connectivity index (χ1) is 14.4. The van der Waals surface area contributed by atoms with Gasteiger partial charge in [-0.3, -0.25) is 0 Å². The average Bonchev–Trinajstić information content (AvgIpc) is 2.55. The lowest BCUT2D eigenvalue weighted by Crippen LogP contribution is -2.55. The van der Waals surface area contributed by atoms with Gasteiger partial charge in [0.2, 0.25) is 0 Å². The second-order valence-electron chi connectivity index (χ2n) is 13.9. The molecule has 0 aliphatic carbocycles. The highest BCUT2D eigenvalue weighted by Gasteiger charge is 2.47. The van der Waals surface area contributed by atoms with Crippen LogP contribution in [-0.4, -0.2) is 56.3 Å². The van der Waals surface area contributed by atoms with Crippen LogP contribution < -0.4 is 0 Å². The lowest BCUT2D eigenvalue weighted by atomic mass is 10.1. The molecule has 0 unspecified atom stereocenters. The Bertz CT molecular complexity index is 625. The van der Waals surface area contributed by atoms with Gasteiger partial charge in [-0.25, -0.2) is 4.79 Å². The molecular formula is C25H56O5Si3. The molecule has 5 nitrogen and oxygen atoms in total. The number of ether oxygens (including phenoxy) is 1. The summed E-state index contributed by atoms with van der Waals surface area (Å²) in [6, 6.07) is 0. The Hall–Kier alpha value is 0.000649. The van der Waals surface area contributed by atoms with E-state index in [1.807, 2.05) is 6.92 Å². The van der Waals surface area contributed by atoms with E-state index in [-0.39, 0.29) is 21.1 Å². The molecule has 0 amide bonds. The number of hydrogen-bond acceptors (Lipinski definition) is 5. The molecule has 0 aromatic carbocycles. The molecule has 198 valence electrons. The zero-order valence-corrected chi connectivity index (χ0v) is 27.8. The van der Waals surface area contributed by atoms with Gasteiger partial charge in [0, 0.05) is 6.61 Å². The first kappa shape index (κ1) is 33.0. The summed E-state index contributed by atoms with van der Waals surface area (Å²) in [5.41, 5.74) is 0. The van der Waals surface area contributed by atoms with Crippen molar-refractivity contribution in [2.24, 2.45) is 0 Å². The lowest BCUT2D eigenvalue weighted by molar-refractivity contribution is -0.157. The van der Waals surface area contributed by atoms with Gasteiger partial charge in [0.15, 0.2) is 31.1 Å². The van der Waals surface area contributed by atoms with Crippen LogP contribution in [0.15, 0.2) is 0 Å². The highest BCUT2D eigenvalue weighted by Crippen LogP contribution is 2.41. The highest BCUT2D eigenvalue weighted by atomic mass is 28.4. The van der Waals surface area contributed by atoms with E-state index in [1.54, 1.807) is 0 Å². The van der Waals surface area contributed by atoms with Crippen molar-refractivity contribution in [2.75, 3.05) is 13.2 Å². The van der Waals surface area contributed by atoms with E-state index in [0.717, 1.165) is 0 Å². The Morgan fingerprint density at radius 3 is 1.45 bits per heavy atom. The normalized spacial score (nSPS) is 16.5. The van der Waals surface area contributed by atoms with Crippen LogP contribution in [0.1, 0.15) is 75.7 Å². The van der Waals surface area contributed by atoms with Crippen molar-refractivity contribution < 1.29 is 22.8 Å². The van der Waals surface area contributed by atoms with Crippen molar-refractivity contribution in [1.29, 1.82) is 0 Å². The molecular weight excluding hydrogens is 465 g/mol. The fourth-order valence-electron chi connectivity index (χ4n) is 2.47. The molecule has 0 rings (SSSR count). The molecule has 0 aromatic heterocycles. The van der Waals surface area contributed by atoms with Crippen LogP contribution in [0.3, 0.4) is 0 Å². The molecule has 0 heterocycles. The van der Waals surface area contributed by atoms with Gasteiger partial charge in [-0.2, -0.15) is 0 Å². The van der Waals surface area contributed by atoms with Crippen LogP contribution in [-0.2, 0) is 22.8 Å². The van der Waals surface area contributed by atoms with E-state index in [0.29, 0.717) is 19.6 Å². The van der Waals surface area contributed by atoms with E-state index in [9.17, 15) is 4.79 Å². The number of rotatable bonds is 11. The summed E-state index contributed by atoms with van der Waals surface area (Å²) >= 11 is 0. The molecule has 2 atom stereocenters. The third kappa shape index (κ3) is 9.52. The van der Waals surface area contributed by atoms with E-state index >= 15 is 0 Å². The smallest absolute Gasteiger partial charge is 0.336 e. The summed E-state index contributed by atoms with van der Waals surface area (Å²) < 4.78 is 25.6. The second-order valence-corrected chi connectivity index (χ2v) is 28.2. The van der Waals surface area contributed by atoms with Crippen molar-refractivity contribution in [3.8, 4) is 0 Å². The third-order valence-corrected chi connectivity index (χ3v) is 21.5. The Labute approximate surface area is 209 Å². The standard InChI is InChI=1S/C25H56O5Si3/c1-17-27-22(26)21(30-33(15,16)25(8,9)10)20(29-32(13,14)24(5,6)7)18-19-28-31(11,12)23(2,3)4/h20-21H,17-19H2,1-16H3/t20-,21+/m0/s1. The minimum atomic E-state index is -2.25. The molecule has 8 heteroatoms. The van der Waals surface area contributed by atoms with Crippen molar-refractivity contribution in [3.05, 3.63) is 0 Å². The summed E-state index contributed by atoms with van der Waals surface area (Å²) in [6.07, 6.45) is -0.538. The Morgan fingerprint density at radius 1 is 0.697 bits per heavy atom. The molecule has 0 N–H and O–H groups in total. The molecule has 0 saturated heterocycles. The predicted molar refractivity (Wildman–Crippen MR) is 149 cm³/mol. The van der Waals surface area contributed by atoms with Crippen molar-refractivity contribution in [1.82, 2.24) is 0 Å². The van der Waals surface area contributed by atoms with Crippen LogP contribution in [0.2, 0.25) is 54.4 Å². The minimum Gasteiger partial charge on any atom is -0.464 e. The Balaban J connectivity index is 6.13. The maximum absolute atomic E-state index is 13.2. The van der Waals surface area contributed by atoms with Crippen LogP contribution in [0, 0.1) is 0 Å².